The third-order valence-electron chi connectivity index (χ3n) is 2.43. The lowest BCUT2D eigenvalue weighted by molar-refractivity contribution is 0.500. The summed E-state index contributed by atoms with van der Waals surface area (Å²) >= 11 is 5.80. The van der Waals surface area contributed by atoms with Crippen molar-refractivity contribution in [3.8, 4) is 0 Å². The molecule has 1 aromatic carbocycles. The van der Waals surface area contributed by atoms with Gasteiger partial charge in [0, 0.05) is 11.6 Å². The van der Waals surface area contributed by atoms with Crippen LogP contribution >= 0.6 is 11.6 Å². The van der Waals surface area contributed by atoms with Crippen molar-refractivity contribution in [2.45, 2.75) is 26.8 Å². The molecule has 0 bridgehead atoms. The van der Waals surface area contributed by atoms with E-state index in [-0.39, 0.29) is 0 Å². The number of halogens is 1. The molecule has 1 aromatic rings. The molecule has 0 radical (unpaired) electrons. The average Bonchev–Trinajstić information content (AvgIpc) is 2.21. The molecular formula is C12H18ClN. The lowest BCUT2D eigenvalue weighted by Crippen LogP contribution is -2.20. The Morgan fingerprint density at radius 3 is 2.50 bits per heavy atom. The smallest absolute Gasteiger partial charge is 0.0406 e. The van der Waals surface area contributed by atoms with Crippen LogP contribution in [0.3, 0.4) is 0 Å². The van der Waals surface area contributed by atoms with Gasteiger partial charge in [-0.2, -0.15) is 0 Å². The van der Waals surface area contributed by atoms with Crippen LogP contribution in [-0.2, 0) is 6.54 Å². The van der Waals surface area contributed by atoms with Gasteiger partial charge in [-0.05, 0) is 30.2 Å². The van der Waals surface area contributed by atoms with E-state index >= 15 is 0 Å². The van der Waals surface area contributed by atoms with E-state index in [9.17, 15) is 0 Å². The third kappa shape index (κ3) is 4.12. The molecule has 0 amide bonds. The fraction of sp³-hybridized carbons (Fsp3) is 0.500. The van der Waals surface area contributed by atoms with Gasteiger partial charge in [0.15, 0.2) is 0 Å². The summed E-state index contributed by atoms with van der Waals surface area (Å²) in [6.07, 6.45) is 1.23. The van der Waals surface area contributed by atoms with E-state index in [1.54, 1.807) is 0 Å². The summed E-state index contributed by atoms with van der Waals surface area (Å²) in [5.74, 6) is 0.752. The highest BCUT2D eigenvalue weighted by molar-refractivity contribution is 6.30. The van der Waals surface area contributed by atoms with Crippen molar-refractivity contribution in [1.82, 2.24) is 5.32 Å². The Morgan fingerprint density at radius 1 is 1.29 bits per heavy atom. The molecule has 0 saturated heterocycles. The first-order valence-corrected chi connectivity index (χ1v) is 5.55. The Kier molecular flexibility index (Phi) is 4.99. The minimum atomic E-state index is 0.752. The minimum Gasteiger partial charge on any atom is -0.312 e. The average molecular weight is 212 g/mol. The molecule has 0 fully saturated rings. The van der Waals surface area contributed by atoms with E-state index < -0.39 is 0 Å². The molecule has 14 heavy (non-hydrogen) atoms. The number of hydrogen-bond donors (Lipinski definition) is 1. The van der Waals surface area contributed by atoms with E-state index in [0.29, 0.717) is 0 Å². The largest absolute Gasteiger partial charge is 0.312 e. The highest BCUT2D eigenvalue weighted by Crippen LogP contribution is 2.09. The summed E-state index contributed by atoms with van der Waals surface area (Å²) in [7, 11) is 0. The normalized spacial score (nSPS) is 12.8. The summed E-state index contributed by atoms with van der Waals surface area (Å²) in [4.78, 5) is 0. The molecule has 1 N–H and O–H groups in total. The van der Waals surface area contributed by atoms with Gasteiger partial charge in [0.05, 0.1) is 0 Å². The Hall–Kier alpha value is -0.530. The fourth-order valence-corrected chi connectivity index (χ4v) is 1.34. The van der Waals surface area contributed by atoms with Crippen molar-refractivity contribution in [3.63, 3.8) is 0 Å². The van der Waals surface area contributed by atoms with Crippen molar-refractivity contribution in [3.05, 3.63) is 34.9 Å². The first-order valence-electron chi connectivity index (χ1n) is 5.17. The molecule has 0 aliphatic heterocycles. The molecule has 1 rings (SSSR count). The van der Waals surface area contributed by atoms with Gasteiger partial charge in [0.2, 0.25) is 0 Å². The van der Waals surface area contributed by atoms with Gasteiger partial charge < -0.3 is 5.32 Å². The van der Waals surface area contributed by atoms with E-state index in [1.165, 1.54) is 12.0 Å². The van der Waals surface area contributed by atoms with Crippen molar-refractivity contribution in [2.24, 2.45) is 5.92 Å². The number of benzene rings is 1. The van der Waals surface area contributed by atoms with Gasteiger partial charge in [0.25, 0.3) is 0 Å². The lowest BCUT2D eigenvalue weighted by Gasteiger charge is -2.09. The predicted molar refractivity (Wildman–Crippen MR) is 62.6 cm³/mol. The Labute approximate surface area is 91.5 Å². The van der Waals surface area contributed by atoms with Crippen molar-refractivity contribution in [1.29, 1.82) is 0 Å². The van der Waals surface area contributed by atoms with Gasteiger partial charge >= 0.3 is 0 Å². The van der Waals surface area contributed by atoms with Gasteiger partial charge in [-0.15, -0.1) is 0 Å². The van der Waals surface area contributed by atoms with E-state index in [2.05, 4.69) is 31.3 Å². The van der Waals surface area contributed by atoms with Crippen LogP contribution in [0.1, 0.15) is 25.8 Å². The molecule has 2 heteroatoms. The Bertz CT molecular complexity index is 256. The molecule has 0 heterocycles. The number of nitrogens with one attached hydrogen (secondary N) is 1. The summed E-state index contributed by atoms with van der Waals surface area (Å²) in [5, 5.41) is 4.23. The van der Waals surface area contributed by atoms with Crippen LogP contribution in [0.15, 0.2) is 24.3 Å². The van der Waals surface area contributed by atoms with Crippen LogP contribution in [0, 0.1) is 5.92 Å². The number of hydrogen-bond acceptors (Lipinski definition) is 1. The SMILES string of the molecule is CCC(C)CNCc1ccc(Cl)cc1. The molecule has 0 aliphatic rings. The van der Waals surface area contributed by atoms with Crippen molar-refractivity contribution in [2.75, 3.05) is 6.54 Å². The van der Waals surface area contributed by atoms with E-state index in [4.69, 9.17) is 11.6 Å². The summed E-state index contributed by atoms with van der Waals surface area (Å²) in [5.41, 5.74) is 1.29. The van der Waals surface area contributed by atoms with Crippen LogP contribution in [0.4, 0.5) is 0 Å². The molecule has 0 aliphatic carbocycles. The van der Waals surface area contributed by atoms with Gasteiger partial charge in [-0.1, -0.05) is 44.0 Å². The first kappa shape index (κ1) is 11.5. The van der Waals surface area contributed by atoms with Gasteiger partial charge in [-0.3, -0.25) is 0 Å². The van der Waals surface area contributed by atoms with Gasteiger partial charge in [-0.25, -0.2) is 0 Å². The maximum absolute atomic E-state index is 5.80. The van der Waals surface area contributed by atoms with Crippen LogP contribution in [-0.4, -0.2) is 6.54 Å². The lowest BCUT2D eigenvalue weighted by atomic mass is 10.1. The predicted octanol–water partition coefficient (Wildman–Crippen LogP) is 3.48. The molecule has 78 valence electrons. The van der Waals surface area contributed by atoms with Crippen molar-refractivity contribution < 1.29 is 0 Å². The second-order valence-corrected chi connectivity index (χ2v) is 4.21. The standard InChI is InChI=1S/C12H18ClN/c1-3-10(2)8-14-9-11-4-6-12(13)7-5-11/h4-7,10,14H,3,8-9H2,1-2H3. The van der Waals surface area contributed by atoms with E-state index in [0.717, 1.165) is 24.0 Å². The molecule has 1 nitrogen and oxygen atoms in total. The first-order chi connectivity index (χ1) is 6.72. The summed E-state index contributed by atoms with van der Waals surface area (Å²) in [6, 6.07) is 7.99. The topological polar surface area (TPSA) is 12.0 Å². The zero-order chi connectivity index (χ0) is 10.4. The quantitative estimate of drug-likeness (QED) is 0.787. The molecular weight excluding hydrogens is 194 g/mol. The molecule has 1 atom stereocenters. The highest BCUT2D eigenvalue weighted by Gasteiger charge is 1.97. The third-order valence-corrected chi connectivity index (χ3v) is 2.68. The van der Waals surface area contributed by atoms with E-state index in [1.807, 2.05) is 12.1 Å². The molecule has 1 unspecified atom stereocenters. The highest BCUT2D eigenvalue weighted by atomic mass is 35.5. The molecule has 0 spiro atoms. The maximum Gasteiger partial charge on any atom is 0.0406 e. The number of rotatable bonds is 5. The summed E-state index contributed by atoms with van der Waals surface area (Å²) < 4.78 is 0. The monoisotopic (exact) mass is 211 g/mol. The zero-order valence-corrected chi connectivity index (χ0v) is 9.64. The Balaban J connectivity index is 2.28. The minimum absolute atomic E-state index is 0.752. The fourth-order valence-electron chi connectivity index (χ4n) is 1.21. The molecule has 0 aromatic heterocycles. The van der Waals surface area contributed by atoms with Crippen LogP contribution in [0.5, 0.6) is 0 Å². The maximum atomic E-state index is 5.80. The zero-order valence-electron chi connectivity index (χ0n) is 8.89. The van der Waals surface area contributed by atoms with Crippen molar-refractivity contribution >= 4 is 11.6 Å². The Morgan fingerprint density at radius 2 is 1.93 bits per heavy atom. The van der Waals surface area contributed by atoms with Crippen LogP contribution < -0.4 is 5.32 Å². The molecule has 0 saturated carbocycles. The van der Waals surface area contributed by atoms with Crippen LogP contribution in [0.2, 0.25) is 5.02 Å². The second kappa shape index (κ2) is 6.05. The second-order valence-electron chi connectivity index (χ2n) is 3.77. The summed E-state index contributed by atoms with van der Waals surface area (Å²) in [6.45, 7) is 6.49. The van der Waals surface area contributed by atoms with Crippen LogP contribution in [0.25, 0.3) is 0 Å². The van der Waals surface area contributed by atoms with Gasteiger partial charge in [0.1, 0.15) is 0 Å².